The molecule has 0 radical (unpaired) electrons. The highest BCUT2D eigenvalue weighted by Crippen LogP contribution is 2.32. The molecule has 0 aliphatic carbocycles. The Kier molecular flexibility index (Phi) is 8.07. The lowest BCUT2D eigenvalue weighted by molar-refractivity contribution is 0.0316. The quantitative estimate of drug-likeness (QED) is 0.342. The minimum atomic E-state index is -0.768. The summed E-state index contributed by atoms with van der Waals surface area (Å²) in [6, 6.07) is 27.3. The molecule has 0 saturated heterocycles. The number of aliphatic hydroxyl groups excluding tert-OH is 1. The predicted molar refractivity (Wildman–Crippen MR) is 115 cm³/mol. The molecule has 0 aliphatic rings. The molecule has 0 aliphatic heterocycles. The maximum atomic E-state index is 10.9. The highest BCUT2D eigenvalue weighted by Gasteiger charge is 2.24. The Labute approximate surface area is 172 Å². The summed E-state index contributed by atoms with van der Waals surface area (Å²) in [6.07, 6.45) is -1.31. The third-order valence-corrected chi connectivity index (χ3v) is 4.45. The summed E-state index contributed by atoms with van der Waals surface area (Å²) in [7, 11) is 0. The van der Waals surface area contributed by atoms with Gasteiger partial charge in [0.15, 0.2) is 17.6 Å². The average molecular weight is 392 g/mol. The lowest BCUT2D eigenvalue weighted by Crippen LogP contribution is -2.41. The topological polar surface area (TPSA) is 62.8 Å². The van der Waals surface area contributed by atoms with Crippen molar-refractivity contribution in [1.29, 1.82) is 0 Å². The molecule has 0 amide bonds. The van der Waals surface area contributed by atoms with E-state index >= 15 is 0 Å². The molecule has 3 aromatic rings. The van der Waals surface area contributed by atoms with E-state index in [0.29, 0.717) is 31.2 Å². The maximum absolute atomic E-state index is 10.9. The summed E-state index contributed by atoms with van der Waals surface area (Å²) in [4.78, 5) is 0. The van der Waals surface area contributed by atoms with Crippen molar-refractivity contribution in [3.05, 3.63) is 96.1 Å². The van der Waals surface area contributed by atoms with Crippen molar-refractivity contribution in [2.24, 2.45) is 0 Å². The molecule has 0 heterocycles. The van der Waals surface area contributed by atoms with Gasteiger partial charge in [0, 0.05) is 13.1 Å². The van der Waals surface area contributed by atoms with Gasteiger partial charge in [0.2, 0.25) is 0 Å². The largest absolute Gasteiger partial charge is 0.490 e. The third-order valence-electron chi connectivity index (χ3n) is 4.45. The standard InChI is InChI=1S/C24H28N2O3/c1-2-28-22-15-9-10-16-23(22)29-24(20-13-7-4-8-14-20)21(27)18-26-25-17-19-11-5-3-6-12-19/h3-16,21,24-27H,2,17-18H2,1H3. The minimum Gasteiger partial charge on any atom is -0.490 e. The number of nitrogens with one attached hydrogen (secondary N) is 2. The van der Waals surface area contributed by atoms with Crippen LogP contribution in [-0.2, 0) is 6.54 Å². The first-order valence-corrected chi connectivity index (χ1v) is 9.89. The van der Waals surface area contributed by atoms with Gasteiger partial charge in [-0.05, 0) is 30.2 Å². The van der Waals surface area contributed by atoms with Crippen LogP contribution in [0.4, 0.5) is 0 Å². The van der Waals surface area contributed by atoms with Crippen LogP contribution in [0.15, 0.2) is 84.9 Å². The summed E-state index contributed by atoms with van der Waals surface area (Å²) < 4.78 is 11.9. The van der Waals surface area contributed by atoms with E-state index in [4.69, 9.17) is 9.47 Å². The number of aliphatic hydroxyl groups is 1. The van der Waals surface area contributed by atoms with Crippen LogP contribution in [0.25, 0.3) is 0 Å². The summed E-state index contributed by atoms with van der Waals surface area (Å²) >= 11 is 0. The average Bonchev–Trinajstić information content (AvgIpc) is 2.77. The number of para-hydroxylation sites is 2. The molecule has 2 unspecified atom stereocenters. The van der Waals surface area contributed by atoms with Crippen LogP contribution in [-0.4, -0.2) is 24.4 Å². The van der Waals surface area contributed by atoms with Gasteiger partial charge in [-0.2, -0.15) is 0 Å². The molecular formula is C24H28N2O3. The van der Waals surface area contributed by atoms with Gasteiger partial charge >= 0.3 is 0 Å². The predicted octanol–water partition coefficient (Wildman–Crippen LogP) is 3.86. The molecule has 3 rings (SSSR count). The van der Waals surface area contributed by atoms with Gasteiger partial charge in [-0.3, -0.25) is 10.9 Å². The van der Waals surface area contributed by atoms with Crippen LogP contribution in [0.1, 0.15) is 24.2 Å². The molecule has 3 N–H and O–H groups in total. The van der Waals surface area contributed by atoms with Crippen molar-refractivity contribution in [2.45, 2.75) is 25.7 Å². The van der Waals surface area contributed by atoms with E-state index in [-0.39, 0.29) is 0 Å². The first-order chi connectivity index (χ1) is 14.3. The monoisotopic (exact) mass is 392 g/mol. The Bertz CT molecular complexity index is 843. The number of hydrogen-bond acceptors (Lipinski definition) is 5. The first kappa shape index (κ1) is 20.9. The highest BCUT2D eigenvalue weighted by atomic mass is 16.5. The summed E-state index contributed by atoms with van der Waals surface area (Å²) in [6.45, 7) is 3.47. The zero-order chi connectivity index (χ0) is 20.3. The SMILES string of the molecule is CCOc1ccccc1OC(c1ccccc1)C(O)CNNCc1ccccc1. The molecule has 5 nitrogen and oxygen atoms in total. The van der Waals surface area contributed by atoms with Crippen LogP contribution in [0.5, 0.6) is 11.5 Å². The van der Waals surface area contributed by atoms with Gasteiger partial charge in [-0.1, -0.05) is 72.8 Å². The van der Waals surface area contributed by atoms with E-state index in [9.17, 15) is 5.11 Å². The molecule has 0 spiro atoms. The Morgan fingerprint density at radius 2 is 1.41 bits per heavy atom. The van der Waals surface area contributed by atoms with Crippen LogP contribution >= 0.6 is 0 Å². The van der Waals surface area contributed by atoms with Crippen molar-refractivity contribution >= 4 is 0 Å². The van der Waals surface area contributed by atoms with Crippen LogP contribution in [0.3, 0.4) is 0 Å². The van der Waals surface area contributed by atoms with E-state index in [1.54, 1.807) is 0 Å². The molecule has 5 heteroatoms. The second-order valence-electron chi connectivity index (χ2n) is 6.62. The number of rotatable bonds is 11. The van der Waals surface area contributed by atoms with E-state index in [1.807, 2.05) is 91.9 Å². The third kappa shape index (κ3) is 6.32. The summed E-state index contributed by atoms with van der Waals surface area (Å²) in [5.41, 5.74) is 8.30. The molecule has 0 saturated carbocycles. The van der Waals surface area contributed by atoms with E-state index in [2.05, 4.69) is 10.9 Å². The summed E-state index contributed by atoms with van der Waals surface area (Å²) in [5.74, 6) is 1.28. The lowest BCUT2D eigenvalue weighted by Gasteiger charge is -2.26. The fourth-order valence-electron chi connectivity index (χ4n) is 3.01. The first-order valence-electron chi connectivity index (χ1n) is 9.89. The van der Waals surface area contributed by atoms with E-state index in [1.165, 1.54) is 0 Å². The fourth-order valence-corrected chi connectivity index (χ4v) is 3.01. The Hall–Kier alpha value is -2.86. The van der Waals surface area contributed by atoms with Gasteiger partial charge in [0.05, 0.1) is 6.61 Å². The Balaban J connectivity index is 1.65. The van der Waals surface area contributed by atoms with Crippen molar-refractivity contribution in [2.75, 3.05) is 13.2 Å². The molecule has 3 aromatic carbocycles. The molecule has 2 atom stereocenters. The van der Waals surface area contributed by atoms with Crippen molar-refractivity contribution < 1.29 is 14.6 Å². The molecule has 0 fully saturated rings. The second kappa shape index (κ2) is 11.2. The van der Waals surface area contributed by atoms with E-state index in [0.717, 1.165) is 11.1 Å². The highest BCUT2D eigenvalue weighted by molar-refractivity contribution is 5.40. The van der Waals surface area contributed by atoms with Crippen LogP contribution in [0.2, 0.25) is 0 Å². The number of benzene rings is 3. The van der Waals surface area contributed by atoms with Crippen LogP contribution < -0.4 is 20.3 Å². The minimum absolute atomic E-state index is 0.323. The Morgan fingerprint density at radius 3 is 2.10 bits per heavy atom. The normalized spacial score (nSPS) is 12.9. The smallest absolute Gasteiger partial charge is 0.162 e. The zero-order valence-electron chi connectivity index (χ0n) is 16.6. The van der Waals surface area contributed by atoms with Crippen LogP contribution in [0, 0.1) is 0 Å². The molecule has 0 bridgehead atoms. The van der Waals surface area contributed by atoms with E-state index < -0.39 is 12.2 Å². The summed E-state index contributed by atoms with van der Waals surface area (Å²) in [5, 5.41) is 10.9. The molecular weight excluding hydrogens is 364 g/mol. The second-order valence-corrected chi connectivity index (χ2v) is 6.62. The van der Waals surface area contributed by atoms with Gasteiger partial charge < -0.3 is 14.6 Å². The fraction of sp³-hybridized carbons (Fsp3) is 0.250. The molecule has 29 heavy (non-hydrogen) atoms. The van der Waals surface area contributed by atoms with Crippen molar-refractivity contribution in [1.82, 2.24) is 10.9 Å². The Morgan fingerprint density at radius 1 is 0.793 bits per heavy atom. The lowest BCUT2D eigenvalue weighted by atomic mass is 10.0. The van der Waals surface area contributed by atoms with Crippen molar-refractivity contribution in [3.63, 3.8) is 0 Å². The molecule has 0 aromatic heterocycles. The molecule has 152 valence electrons. The maximum Gasteiger partial charge on any atom is 0.162 e. The number of hydrazine groups is 1. The number of hydrogen-bond donors (Lipinski definition) is 3. The number of ether oxygens (including phenoxy) is 2. The van der Waals surface area contributed by atoms with Gasteiger partial charge in [-0.25, -0.2) is 0 Å². The van der Waals surface area contributed by atoms with Gasteiger partial charge in [0.25, 0.3) is 0 Å². The zero-order valence-corrected chi connectivity index (χ0v) is 16.6. The van der Waals surface area contributed by atoms with Crippen molar-refractivity contribution in [3.8, 4) is 11.5 Å². The van der Waals surface area contributed by atoms with Gasteiger partial charge in [0.1, 0.15) is 6.10 Å². The van der Waals surface area contributed by atoms with Gasteiger partial charge in [-0.15, -0.1) is 0 Å².